The predicted molar refractivity (Wildman–Crippen MR) is 68.3 cm³/mol. The average molecular weight is 236 g/mol. The third kappa shape index (κ3) is 2.66. The van der Waals surface area contributed by atoms with Crippen molar-refractivity contribution in [2.45, 2.75) is 12.8 Å². The summed E-state index contributed by atoms with van der Waals surface area (Å²) >= 11 is 0. The molecule has 1 N–H and O–H groups in total. The van der Waals surface area contributed by atoms with Gasteiger partial charge in [-0.15, -0.1) is 0 Å². The fourth-order valence-electron chi connectivity index (χ4n) is 2.41. The molecule has 0 saturated carbocycles. The number of hydrogen-bond acceptors (Lipinski definition) is 4. The number of aromatic nitrogens is 2. The minimum absolute atomic E-state index is 0.00222. The Labute approximate surface area is 101 Å². The zero-order valence-corrected chi connectivity index (χ0v) is 10.5. The number of nitrogens with zero attached hydrogens (tertiary/aromatic N) is 3. The highest BCUT2D eigenvalue weighted by Crippen LogP contribution is 2.18. The lowest BCUT2D eigenvalue weighted by Crippen LogP contribution is -2.42. The molecular formula is C12H20N4O. The molecule has 1 saturated heterocycles. The van der Waals surface area contributed by atoms with Crippen LogP contribution in [0.15, 0.2) is 17.2 Å². The van der Waals surface area contributed by atoms with Gasteiger partial charge in [0.05, 0.1) is 0 Å². The van der Waals surface area contributed by atoms with Crippen LogP contribution in [-0.4, -0.2) is 36.2 Å². The number of rotatable bonds is 3. The molecule has 1 aliphatic rings. The van der Waals surface area contributed by atoms with Gasteiger partial charge in [0.2, 0.25) is 0 Å². The number of hydrogen-bond donors (Lipinski definition) is 1. The summed E-state index contributed by atoms with van der Waals surface area (Å²) in [7, 11) is 3.74. The molecule has 0 radical (unpaired) electrons. The molecule has 0 spiro atoms. The first kappa shape index (κ1) is 12.1. The molecule has 1 atom stereocenters. The summed E-state index contributed by atoms with van der Waals surface area (Å²) in [6.45, 7) is 2.86. The van der Waals surface area contributed by atoms with Crippen LogP contribution in [0.1, 0.15) is 12.8 Å². The summed E-state index contributed by atoms with van der Waals surface area (Å²) in [5.41, 5.74) is -0.00222. The van der Waals surface area contributed by atoms with Gasteiger partial charge in [0, 0.05) is 32.5 Å². The van der Waals surface area contributed by atoms with Crippen LogP contribution >= 0.6 is 0 Å². The van der Waals surface area contributed by atoms with Gasteiger partial charge in [-0.05, 0) is 32.4 Å². The van der Waals surface area contributed by atoms with Crippen molar-refractivity contribution in [1.82, 2.24) is 14.9 Å². The Kier molecular flexibility index (Phi) is 3.78. The van der Waals surface area contributed by atoms with Crippen LogP contribution < -0.4 is 15.8 Å². The van der Waals surface area contributed by atoms with Crippen molar-refractivity contribution in [3.63, 3.8) is 0 Å². The molecule has 5 heteroatoms. The fourth-order valence-corrected chi connectivity index (χ4v) is 2.41. The maximum atomic E-state index is 12.0. The van der Waals surface area contributed by atoms with Gasteiger partial charge in [-0.1, -0.05) is 0 Å². The van der Waals surface area contributed by atoms with E-state index in [1.165, 1.54) is 6.42 Å². The SMILES string of the molecule is CNCC1CCCN(c2nccn(C)c2=O)C1. The molecule has 1 unspecified atom stereocenters. The van der Waals surface area contributed by atoms with E-state index < -0.39 is 0 Å². The molecule has 0 bridgehead atoms. The number of nitrogens with one attached hydrogen (secondary N) is 1. The predicted octanol–water partition coefficient (Wildman–Crippen LogP) is 0.216. The Morgan fingerprint density at radius 1 is 1.59 bits per heavy atom. The van der Waals surface area contributed by atoms with Crippen molar-refractivity contribution in [2.75, 3.05) is 31.6 Å². The van der Waals surface area contributed by atoms with Gasteiger partial charge in [0.25, 0.3) is 5.56 Å². The van der Waals surface area contributed by atoms with Gasteiger partial charge in [-0.25, -0.2) is 4.98 Å². The lowest BCUT2D eigenvalue weighted by molar-refractivity contribution is 0.400. The normalized spacial score (nSPS) is 20.6. The van der Waals surface area contributed by atoms with E-state index in [-0.39, 0.29) is 5.56 Å². The molecule has 1 aromatic rings. The van der Waals surface area contributed by atoms with Gasteiger partial charge in [-0.3, -0.25) is 4.79 Å². The number of aryl methyl sites for hydroxylation is 1. The van der Waals surface area contributed by atoms with Crippen LogP contribution in [0.3, 0.4) is 0 Å². The van der Waals surface area contributed by atoms with Crippen molar-refractivity contribution < 1.29 is 0 Å². The first-order valence-electron chi connectivity index (χ1n) is 6.13. The van der Waals surface area contributed by atoms with Crippen LogP contribution in [0.25, 0.3) is 0 Å². The van der Waals surface area contributed by atoms with E-state index in [2.05, 4.69) is 15.2 Å². The quantitative estimate of drug-likeness (QED) is 0.815. The average Bonchev–Trinajstić information content (AvgIpc) is 2.33. The second kappa shape index (κ2) is 5.31. The maximum Gasteiger partial charge on any atom is 0.293 e. The van der Waals surface area contributed by atoms with Gasteiger partial charge >= 0.3 is 0 Å². The van der Waals surface area contributed by atoms with Crippen LogP contribution in [0, 0.1) is 5.92 Å². The Balaban J connectivity index is 2.16. The molecule has 0 aromatic carbocycles. The molecule has 1 aliphatic heterocycles. The molecule has 94 valence electrons. The summed E-state index contributed by atoms with van der Waals surface area (Å²) in [5, 5.41) is 3.21. The van der Waals surface area contributed by atoms with Crippen molar-refractivity contribution in [3.8, 4) is 0 Å². The summed E-state index contributed by atoms with van der Waals surface area (Å²) in [5.74, 6) is 1.20. The Morgan fingerprint density at radius 2 is 2.41 bits per heavy atom. The van der Waals surface area contributed by atoms with Crippen LogP contribution in [-0.2, 0) is 7.05 Å². The minimum Gasteiger partial charge on any atom is -0.352 e. The molecule has 0 aliphatic carbocycles. The highest BCUT2D eigenvalue weighted by Gasteiger charge is 2.22. The number of anilines is 1. The molecule has 1 aromatic heterocycles. The molecule has 1 fully saturated rings. The second-order valence-electron chi connectivity index (χ2n) is 4.68. The smallest absolute Gasteiger partial charge is 0.293 e. The van der Waals surface area contributed by atoms with Gasteiger partial charge in [0.15, 0.2) is 5.82 Å². The Bertz CT molecular complexity index is 427. The molecule has 2 rings (SSSR count). The van der Waals surface area contributed by atoms with Crippen molar-refractivity contribution in [1.29, 1.82) is 0 Å². The van der Waals surface area contributed by atoms with E-state index in [1.807, 2.05) is 7.05 Å². The highest BCUT2D eigenvalue weighted by atomic mass is 16.1. The molecular weight excluding hydrogens is 216 g/mol. The summed E-state index contributed by atoms with van der Waals surface area (Å²) in [6.07, 6.45) is 5.75. The van der Waals surface area contributed by atoms with E-state index in [0.717, 1.165) is 26.1 Å². The lowest BCUT2D eigenvalue weighted by Gasteiger charge is -2.33. The molecule has 17 heavy (non-hydrogen) atoms. The van der Waals surface area contributed by atoms with Crippen LogP contribution in [0.2, 0.25) is 0 Å². The van der Waals surface area contributed by atoms with Crippen molar-refractivity contribution in [3.05, 3.63) is 22.7 Å². The maximum absolute atomic E-state index is 12.0. The van der Waals surface area contributed by atoms with Crippen molar-refractivity contribution >= 4 is 5.82 Å². The van der Waals surface area contributed by atoms with E-state index in [4.69, 9.17) is 0 Å². The minimum atomic E-state index is -0.00222. The van der Waals surface area contributed by atoms with E-state index in [1.54, 1.807) is 24.0 Å². The third-order valence-corrected chi connectivity index (χ3v) is 3.31. The zero-order valence-electron chi connectivity index (χ0n) is 10.5. The van der Waals surface area contributed by atoms with E-state index >= 15 is 0 Å². The van der Waals surface area contributed by atoms with Crippen LogP contribution in [0.4, 0.5) is 5.82 Å². The summed E-state index contributed by atoms with van der Waals surface area (Å²) < 4.78 is 1.59. The summed E-state index contributed by atoms with van der Waals surface area (Å²) in [6, 6.07) is 0. The van der Waals surface area contributed by atoms with Gasteiger partial charge < -0.3 is 14.8 Å². The molecule has 5 nitrogen and oxygen atoms in total. The van der Waals surface area contributed by atoms with Gasteiger partial charge in [-0.2, -0.15) is 0 Å². The first-order chi connectivity index (χ1) is 8.22. The fraction of sp³-hybridized carbons (Fsp3) is 0.667. The largest absolute Gasteiger partial charge is 0.352 e. The monoisotopic (exact) mass is 236 g/mol. The van der Waals surface area contributed by atoms with Gasteiger partial charge in [0.1, 0.15) is 0 Å². The number of piperidine rings is 1. The Morgan fingerprint density at radius 3 is 3.18 bits per heavy atom. The second-order valence-corrected chi connectivity index (χ2v) is 4.68. The standard InChI is InChI=1S/C12H20N4O/c1-13-8-10-4-3-6-16(9-10)11-12(17)15(2)7-5-14-11/h5,7,10,13H,3-4,6,8-9H2,1-2H3. The summed E-state index contributed by atoms with van der Waals surface area (Å²) in [4.78, 5) is 18.3. The highest BCUT2D eigenvalue weighted by molar-refractivity contribution is 5.36. The topological polar surface area (TPSA) is 50.2 Å². The Hall–Kier alpha value is -1.36. The van der Waals surface area contributed by atoms with E-state index in [0.29, 0.717) is 11.7 Å². The van der Waals surface area contributed by atoms with Crippen molar-refractivity contribution in [2.24, 2.45) is 13.0 Å². The molecule has 0 amide bonds. The zero-order chi connectivity index (χ0) is 12.3. The van der Waals surface area contributed by atoms with E-state index in [9.17, 15) is 4.79 Å². The molecule has 2 heterocycles. The first-order valence-corrected chi connectivity index (χ1v) is 6.13. The lowest BCUT2D eigenvalue weighted by atomic mass is 9.98. The van der Waals surface area contributed by atoms with Crippen LogP contribution in [0.5, 0.6) is 0 Å². The third-order valence-electron chi connectivity index (χ3n) is 3.31.